The zero-order valence-electron chi connectivity index (χ0n) is 21.7. The minimum atomic E-state index is -2.85. The van der Waals surface area contributed by atoms with Crippen LogP contribution in [0.5, 0.6) is 0 Å². The van der Waals surface area contributed by atoms with Crippen molar-refractivity contribution in [1.82, 2.24) is 5.32 Å². The van der Waals surface area contributed by atoms with E-state index in [1.807, 2.05) is 57.2 Å². The largest absolute Gasteiger partial charge is 0.481 e. The lowest BCUT2D eigenvalue weighted by Gasteiger charge is -2.47. The summed E-state index contributed by atoms with van der Waals surface area (Å²) < 4.78 is 12.6. The van der Waals surface area contributed by atoms with Gasteiger partial charge in [-0.2, -0.15) is 0 Å². The second-order valence-electron chi connectivity index (χ2n) is 11.5. The van der Waals surface area contributed by atoms with E-state index in [0.29, 0.717) is 19.3 Å². The summed E-state index contributed by atoms with van der Waals surface area (Å²) in [6.45, 7) is 12.0. The van der Waals surface area contributed by atoms with Crippen molar-refractivity contribution in [2.75, 3.05) is 0 Å². The third-order valence-electron chi connectivity index (χ3n) is 6.49. The molecule has 1 saturated carbocycles. The number of carbonyl (C=O) groups excluding carboxylic acids is 1. The van der Waals surface area contributed by atoms with Crippen molar-refractivity contribution in [3.8, 4) is 0 Å². The minimum Gasteiger partial charge on any atom is -0.481 e. The second kappa shape index (κ2) is 10.5. The molecular formula is C28H39NO5Si. The molecule has 1 fully saturated rings. The van der Waals surface area contributed by atoms with Gasteiger partial charge in [0.2, 0.25) is 0 Å². The number of carboxylic acid groups (broad SMARTS) is 1. The van der Waals surface area contributed by atoms with E-state index in [2.05, 4.69) is 50.4 Å². The van der Waals surface area contributed by atoms with Gasteiger partial charge in [-0.1, -0.05) is 81.4 Å². The van der Waals surface area contributed by atoms with Crippen LogP contribution in [0.1, 0.15) is 60.8 Å². The second-order valence-corrected chi connectivity index (χ2v) is 15.7. The first-order valence-corrected chi connectivity index (χ1v) is 14.2. The fourth-order valence-electron chi connectivity index (χ4n) is 5.10. The van der Waals surface area contributed by atoms with Crippen LogP contribution in [0.2, 0.25) is 5.04 Å². The number of benzene rings is 2. The number of aliphatic carboxylic acids is 1. The topological polar surface area (TPSA) is 84.9 Å². The monoisotopic (exact) mass is 497 g/mol. The lowest BCUT2D eigenvalue weighted by molar-refractivity contribution is -0.144. The van der Waals surface area contributed by atoms with Crippen molar-refractivity contribution < 1.29 is 23.9 Å². The van der Waals surface area contributed by atoms with E-state index in [4.69, 9.17) is 9.16 Å². The molecule has 1 aliphatic carbocycles. The van der Waals surface area contributed by atoms with Crippen LogP contribution in [0.15, 0.2) is 60.7 Å². The van der Waals surface area contributed by atoms with Gasteiger partial charge in [-0.15, -0.1) is 0 Å². The Labute approximate surface area is 210 Å². The SMILES string of the molecule is CC(C)(C)OC(=O)NC1CC(O[Si](c2ccccc2)(c2ccccc2)C(C)(C)C)CC(C(=O)O)C1. The van der Waals surface area contributed by atoms with Crippen LogP contribution in [0.3, 0.4) is 0 Å². The lowest BCUT2D eigenvalue weighted by Crippen LogP contribution is -2.68. The molecule has 3 unspecified atom stereocenters. The molecule has 2 N–H and O–H groups in total. The van der Waals surface area contributed by atoms with E-state index in [-0.39, 0.29) is 17.2 Å². The van der Waals surface area contributed by atoms with E-state index in [9.17, 15) is 14.7 Å². The van der Waals surface area contributed by atoms with Gasteiger partial charge in [0.1, 0.15) is 5.60 Å². The molecule has 3 rings (SSSR count). The van der Waals surface area contributed by atoms with Crippen LogP contribution in [0.4, 0.5) is 4.79 Å². The average molecular weight is 498 g/mol. The number of hydrogen-bond acceptors (Lipinski definition) is 4. The number of rotatable bonds is 6. The Morgan fingerprint density at radius 1 is 0.857 bits per heavy atom. The average Bonchev–Trinajstić information content (AvgIpc) is 2.76. The number of hydrogen-bond donors (Lipinski definition) is 2. The zero-order chi connectivity index (χ0) is 25.9. The van der Waals surface area contributed by atoms with Crippen molar-refractivity contribution in [2.45, 2.75) is 83.6 Å². The number of carboxylic acids is 1. The first-order valence-electron chi connectivity index (χ1n) is 12.3. The first kappa shape index (κ1) is 27.0. The zero-order valence-corrected chi connectivity index (χ0v) is 22.7. The molecule has 0 radical (unpaired) electrons. The summed E-state index contributed by atoms with van der Waals surface area (Å²) in [7, 11) is -2.85. The predicted octanol–water partition coefficient (Wildman–Crippen LogP) is 4.71. The summed E-state index contributed by atoms with van der Waals surface area (Å²) in [5, 5.41) is 14.9. The van der Waals surface area contributed by atoms with Gasteiger partial charge >= 0.3 is 12.1 Å². The molecule has 7 heteroatoms. The van der Waals surface area contributed by atoms with Crippen LogP contribution in [0.25, 0.3) is 0 Å². The van der Waals surface area contributed by atoms with E-state index in [1.165, 1.54) is 0 Å². The van der Waals surface area contributed by atoms with E-state index in [1.54, 1.807) is 0 Å². The van der Waals surface area contributed by atoms with Gasteiger partial charge in [-0.25, -0.2) is 4.79 Å². The van der Waals surface area contributed by atoms with Crippen molar-refractivity contribution in [3.05, 3.63) is 60.7 Å². The summed E-state index contributed by atoms with van der Waals surface area (Å²) in [6.07, 6.45) is 0.448. The van der Waals surface area contributed by atoms with Gasteiger partial charge < -0.3 is 19.6 Å². The molecule has 0 saturated heterocycles. The summed E-state index contributed by atoms with van der Waals surface area (Å²) in [5.74, 6) is -1.47. The summed E-state index contributed by atoms with van der Waals surface area (Å²) in [4.78, 5) is 24.6. The van der Waals surface area contributed by atoms with Crippen molar-refractivity contribution >= 4 is 30.8 Å². The minimum absolute atomic E-state index is 0.222. The molecule has 0 bridgehead atoms. The van der Waals surface area contributed by atoms with Gasteiger partial charge in [0, 0.05) is 12.1 Å². The summed E-state index contributed by atoms with van der Waals surface area (Å²) in [6, 6.07) is 20.3. The van der Waals surface area contributed by atoms with E-state index < -0.39 is 31.9 Å². The molecule has 190 valence electrons. The maximum Gasteiger partial charge on any atom is 0.407 e. The molecule has 3 atom stereocenters. The quantitative estimate of drug-likeness (QED) is 0.565. The Balaban J connectivity index is 1.99. The molecule has 0 spiro atoms. The maximum atomic E-state index is 12.5. The first-order chi connectivity index (χ1) is 16.3. The highest BCUT2D eigenvalue weighted by Crippen LogP contribution is 2.40. The van der Waals surface area contributed by atoms with Crippen LogP contribution < -0.4 is 15.7 Å². The Hall–Kier alpha value is -2.64. The molecule has 35 heavy (non-hydrogen) atoms. The highest BCUT2D eigenvalue weighted by Gasteiger charge is 2.52. The number of alkyl carbamates (subject to hydrolysis) is 1. The molecule has 1 aliphatic rings. The Bertz CT molecular complexity index is 958. The summed E-state index contributed by atoms with van der Waals surface area (Å²) in [5.41, 5.74) is -0.629. The van der Waals surface area contributed by atoms with Crippen LogP contribution in [-0.4, -0.2) is 43.2 Å². The standard InChI is InChI=1S/C28H39NO5Si/c1-27(2,3)33-26(32)29-21-17-20(25(30)31)18-22(19-21)34-35(28(4,5)6,23-13-9-7-10-14-23)24-15-11-8-12-16-24/h7-16,20-22H,17-19H2,1-6H3,(H,29,32)(H,30,31). The Kier molecular flexibility index (Phi) is 8.12. The highest BCUT2D eigenvalue weighted by molar-refractivity contribution is 6.99. The number of nitrogens with one attached hydrogen (secondary N) is 1. The maximum absolute atomic E-state index is 12.5. The normalized spacial score (nSPS) is 21.3. The number of amides is 1. The molecule has 1 amide bonds. The predicted molar refractivity (Wildman–Crippen MR) is 141 cm³/mol. The van der Waals surface area contributed by atoms with Gasteiger partial charge in [-0.05, 0) is 55.4 Å². The smallest absolute Gasteiger partial charge is 0.407 e. The van der Waals surface area contributed by atoms with Crippen LogP contribution in [0, 0.1) is 5.92 Å². The Morgan fingerprint density at radius 2 is 1.37 bits per heavy atom. The molecule has 0 heterocycles. The number of ether oxygens (including phenoxy) is 1. The van der Waals surface area contributed by atoms with E-state index >= 15 is 0 Å². The molecular weight excluding hydrogens is 458 g/mol. The van der Waals surface area contributed by atoms with Gasteiger partial charge in [0.05, 0.1) is 5.92 Å². The molecule has 0 aliphatic heterocycles. The number of carbonyl (C=O) groups is 2. The van der Waals surface area contributed by atoms with Gasteiger partial charge in [0.15, 0.2) is 0 Å². The molecule has 0 aromatic heterocycles. The van der Waals surface area contributed by atoms with Gasteiger partial charge in [0.25, 0.3) is 8.32 Å². The van der Waals surface area contributed by atoms with E-state index in [0.717, 1.165) is 10.4 Å². The lowest BCUT2D eigenvalue weighted by atomic mass is 9.84. The van der Waals surface area contributed by atoms with Crippen LogP contribution >= 0.6 is 0 Å². The fourth-order valence-corrected chi connectivity index (χ4v) is 9.81. The van der Waals surface area contributed by atoms with Gasteiger partial charge in [-0.3, -0.25) is 4.79 Å². The van der Waals surface area contributed by atoms with Crippen molar-refractivity contribution in [2.24, 2.45) is 5.92 Å². The summed E-state index contributed by atoms with van der Waals surface area (Å²) >= 11 is 0. The molecule has 6 nitrogen and oxygen atoms in total. The fraction of sp³-hybridized carbons (Fsp3) is 0.500. The van der Waals surface area contributed by atoms with Crippen molar-refractivity contribution in [3.63, 3.8) is 0 Å². The molecule has 2 aromatic rings. The third-order valence-corrected chi connectivity index (χ3v) is 11.6. The Morgan fingerprint density at radius 3 is 1.80 bits per heavy atom. The van der Waals surface area contributed by atoms with Crippen LogP contribution in [-0.2, 0) is 14.0 Å². The highest BCUT2D eigenvalue weighted by atomic mass is 28.4. The third kappa shape index (κ3) is 6.52. The molecule has 2 aromatic carbocycles. The van der Waals surface area contributed by atoms with Crippen molar-refractivity contribution in [1.29, 1.82) is 0 Å².